The Bertz CT molecular complexity index is 480. The molecule has 20 heavy (non-hydrogen) atoms. The molecule has 4 nitrogen and oxygen atoms in total. The first-order valence-electron chi connectivity index (χ1n) is 7.26. The molecule has 2 rings (SSSR count). The number of ether oxygens (including phenoxy) is 1. The zero-order chi connectivity index (χ0) is 14.8. The number of likely N-dealkylation sites (tertiary alicyclic amines) is 1. The molecule has 1 unspecified atom stereocenters. The van der Waals surface area contributed by atoms with Gasteiger partial charge >= 0.3 is 6.09 Å². The van der Waals surface area contributed by atoms with Crippen molar-refractivity contribution in [2.24, 2.45) is 0 Å². The van der Waals surface area contributed by atoms with Crippen molar-refractivity contribution in [3.8, 4) is 0 Å². The van der Waals surface area contributed by atoms with Gasteiger partial charge in [0.2, 0.25) is 0 Å². The average molecular weight is 276 g/mol. The third-order valence-corrected chi connectivity index (χ3v) is 3.40. The standard InChI is InChI=1S/C16H24N2O2/c1-12-7-5-9-14(17-12)13-8-6-10-18(11-13)15(19)20-16(2,3)4/h5,7,9,13H,6,8,10-11H2,1-4H3. The number of aryl methyl sites for hydroxylation is 1. The maximum atomic E-state index is 12.1. The highest BCUT2D eigenvalue weighted by atomic mass is 16.6. The molecule has 1 fully saturated rings. The zero-order valence-corrected chi connectivity index (χ0v) is 12.8. The molecule has 4 heteroatoms. The van der Waals surface area contributed by atoms with Gasteiger partial charge in [-0.05, 0) is 52.7 Å². The number of carbonyl (C=O) groups is 1. The lowest BCUT2D eigenvalue weighted by atomic mass is 9.94. The number of hydrogen-bond acceptors (Lipinski definition) is 3. The van der Waals surface area contributed by atoms with E-state index in [-0.39, 0.29) is 6.09 Å². The van der Waals surface area contributed by atoms with Gasteiger partial charge in [0.1, 0.15) is 5.60 Å². The van der Waals surface area contributed by atoms with Gasteiger partial charge in [-0.15, -0.1) is 0 Å². The van der Waals surface area contributed by atoms with E-state index in [2.05, 4.69) is 11.1 Å². The van der Waals surface area contributed by atoms with E-state index in [1.807, 2.05) is 44.7 Å². The van der Waals surface area contributed by atoms with Crippen LogP contribution in [0.1, 0.15) is 50.9 Å². The minimum absolute atomic E-state index is 0.213. The van der Waals surface area contributed by atoms with Crippen LogP contribution in [0.25, 0.3) is 0 Å². The normalized spacial score (nSPS) is 19.8. The fraction of sp³-hybridized carbons (Fsp3) is 0.625. The van der Waals surface area contributed by atoms with Gasteiger partial charge in [0.15, 0.2) is 0 Å². The molecule has 1 aromatic rings. The van der Waals surface area contributed by atoms with E-state index in [9.17, 15) is 4.79 Å². The fourth-order valence-corrected chi connectivity index (χ4v) is 2.50. The van der Waals surface area contributed by atoms with Crippen LogP contribution >= 0.6 is 0 Å². The van der Waals surface area contributed by atoms with Gasteiger partial charge in [0.05, 0.1) is 0 Å². The summed E-state index contributed by atoms with van der Waals surface area (Å²) in [6.45, 7) is 9.16. The average Bonchev–Trinajstić information content (AvgIpc) is 2.37. The summed E-state index contributed by atoms with van der Waals surface area (Å²) in [5.41, 5.74) is 1.67. The Kier molecular flexibility index (Phi) is 4.31. The summed E-state index contributed by atoms with van der Waals surface area (Å²) < 4.78 is 5.45. The number of amides is 1. The topological polar surface area (TPSA) is 42.4 Å². The van der Waals surface area contributed by atoms with Gasteiger partial charge in [-0.2, -0.15) is 0 Å². The van der Waals surface area contributed by atoms with Crippen LogP contribution in [0, 0.1) is 6.92 Å². The number of aromatic nitrogens is 1. The molecule has 2 heterocycles. The van der Waals surface area contributed by atoms with Crippen molar-refractivity contribution in [3.63, 3.8) is 0 Å². The van der Waals surface area contributed by atoms with Crippen molar-refractivity contribution in [3.05, 3.63) is 29.6 Å². The molecule has 0 bridgehead atoms. The van der Waals surface area contributed by atoms with Gasteiger partial charge in [-0.1, -0.05) is 6.07 Å². The van der Waals surface area contributed by atoms with Gasteiger partial charge < -0.3 is 9.64 Å². The molecular weight excluding hydrogens is 252 g/mol. The van der Waals surface area contributed by atoms with Gasteiger partial charge in [-0.3, -0.25) is 4.98 Å². The number of nitrogens with zero attached hydrogens (tertiary/aromatic N) is 2. The predicted molar refractivity (Wildman–Crippen MR) is 78.8 cm³/mol. The van der Waals surface area contributed by atoms with E-state index in [4.69, 9.17) is 4.74 Å². The van der Waals surface area contributed by atoms with Crippen LogP contribution < -0.4 is 0 Å². The number of pyridine rings is 1. The van der Waals surface area contributed by atoms with Crippen LogP contribution in [-0.4, -0.2) is 34.7 Å². The quantitative estimate of drug-likeness (QED) is 0.788. The highest BCUT2D eigenvalue weighted by Gasteiger charge is 2.28. The summed E-state index contributed by atoms with van der Waals surface area (Å²) in [7, 11) is 0. The third-order valence-electron chi connectivity index (χ3n) is 3.40. The van der Waals surface area contributed by atoms with Crippen LogP contribution in [0.4, 0.5) is 4.79 Å². The van der Waals surface area contributed by atoms with Crippen molar-refractivity contribution in [2.75, 3.05) is 13.1 Å². The number of hydrogen-bond donors (Lipinski definition) is 0. The molecule has 0 spiro atoms. The number of piperidine rings is 1. The van der Waals surface area contributed by atoms with E-state index in [0.29, 0.717) is 12.5 Å². The van der Waals surface area contributed by atoms with E-state index in [0.717, 1.165) is 30.8 Å². The Morgan fingerprint density at radius 2 is 2.15 bits per heavy atom. The molecule has 1 aromatic heterocycles. The molecule has 1 aliphatic heterocycles. The lowest BCUT2D eigenvalue weighted by molar-refractivity contribution is 0.0197. The highest BCUT2D eigenvalue weighted by molar-refractivity contribution is 5.68. The van der Waals surface area contributed by atoms with Crippen molar-refractivity contribution in [1.29, 1.82) is 0 Å². The molecule has 0 N–H and O–H groups in total. The molecule has 1 aliphatic rings. The molecule has 1 saturated heterocycles. The summed E-state index contributed by atoms with van der Waals surface area (Å²) in [6, 6.07) is 6.08. The molecule has 1 atom stereocenters. The first-order chi connectivity index (χ1) is 9.35. The Morgan fingerprint density at radius 1 is 1.40 bits per heavy atom. The maximum absolute atomic E-state index is 12.1. The monoisotopic (exact) mass is 276 g/mol. The molecule has 0 saturated carbocycles. The van der Waals surface area contributed by atoms with E-state index < -0.39 is 5.60 Å². The second-order valence-corrected chi connectivity index (χ2v) is 6.47. The van der Waals surface area contributed by atoms with Gasteiger partial charge in [0.25, 0.3) is 0 Å². The Hall–Kier alpha value is -1.58. The third kappa shape index (κ3) is 3.95. The lowest BCUT2D eigenvalue weighted by Gasteiger charge is -2.34. The van der Waals surface area contributed by atoms with E-state index in [1.54, 1.807) is 0 Å². The first kappa shape index (κ1) is 14.8. The summed E-state index contributed by atoms with van der Waals surface area (Å²) in [6.07, 6.45) is 1.87. The van der Waals surface area contributed by atoms with E-state index in [1.165, 1.54) is 0 Å². The SMILES string of the molecule is Cc1cccc(C2CCCN(C(=O)OC(C)(C)C)C2)n1. The Labute approximate surface area is 121 Å². The minimum Gasteiger partial charge on any atom is -0.444 e. The minimum atomic E-state index is -0.439. The molecule has 110 valence electrons. The Balaban J connectivity index is 2.03. The molecule has 0 aliphatic carbocycles. The zero-order valence-electron chi connectivity index (χ0n) is 12.8. The van der Waals surface area contributed by atoms with Crippen molar-refractivity contribution >= 4 is 6.09 Å². The van der Waals surface area contributed by atoms with Crippen molar-refractivity contribution in [2.45, 2.75) is 52.1 Å². The van der Waals surface area contributed by atoms with Crippen molar-refractivity contribution in [1.82, 2.24) is 9.88 Å². The summed E-state index contributed by atoms with van der Waals surface area (Å²) >= 11 is 0. The largest absolute Gasteiger partial charge is 0.444 e. The maximum Gasteiger partial charge on any atom is 0.410 e. The van der Waals surface area contributed by atoms with Crippen molar-refractivity contribution < 1.29 is 9.53 Å². The smallest absolute Gasteiger partial charge is 0.410 e. The van der Waals surface area contributed by atoms with E-state index >= 15 is 0 Å². The van der Waals surface area contributed by atoms with Crippen LogP contribution in [0.2, 0.25) is 0 Å². The molecular formula is C16H24N2O2. The van der Waals surface area contributed by atoms with Crippen LogP contribution in [0.5, 0.6) is 0 Å². The number of carbonyl (C=O) groups excluding carboxylic acids is 1. The fourth-order valence-electron chi connectivity index (χ4n) is 2.50. The van der Waals surface area contributed by atoms with Crippen LogP contribution in [-0.2, 0) is 4.74 Å². The lowest BCUT2D eigenvalue weighted by Crippen LogP contribution is -2.42. The predicted octanol–water partition coefficient (Wildman–Crippen LogP) is 3.50. The summed E-state index contributed by atoms with van der Waals surface area (Å²) in [4.78, 5) is 18.5. The van der Waals surface area contributed by atoms with Crippen LogP contribution in [0.3, 0.4) is 0 Å². The summed E-state index contributed by atoms with van der Waals surface area (Å²) in [5, 5.41) is 0. The van der Waals surface area contributed by atoms with Gasteiger partial charge in [-0.25, -0.2) is 4.79 Å². The molecule has 0 radical (unpaired) electrons. The van der Waals surface area contributed by atoms with Crippen LogP contribution in [0.15, 0.2) is 18.2 Å². The number of rotatable bonds is 1. The Morgan fingerprint density at radius 3 is 2.80 bits per heavy atom. The summed E-state index contributed by atoms with van der Waals surface area (Å²) in [5.74, 6) is 0.316. The molecule has 1 amide bonds. The first-order valence-corrected chi connectivity index (χ1v) is 7.26. The second kappa shape index (κ2) is 5.81. The second-order valence-electron chi connectivity index (χ2n) is 6.47. The van der Waals surface area contributed by atoms with Gasteiger partial charge in [0, 0.05) is 30.4 Å². The highest BCUT2D eigenvalue weighted by Crippen LogP contribution is 2.26. The molecule has 0 aromatic carbocycles.